The highest BCUT2D eigenvalue weighted by molar-refractivity contribution is 5.85. The number of aryl methyl sites for hydroxylation is 1. The minimum Gasteiger partial charge on any atom is -0.447 e. The summed E-state index contributed by atoms with van der Waals surface area (Å²) in [6, 6.07) is 14.8. The van der Waals surface area contributed by atoms with E-state index < -0.39 is 12.1 Å². The molecule has 2 N–H and O–H groups in total. The molecule has 4 aromatic rings. The Morgan fingerprint density at radius 2 is 1.86 bits per heavy atom. The van der Waals surface area contributed by atoms with Gasteiger partial charge in [-0.1, -0.05) is 30.3 Å². The minimum absolute atomic E-state index is 0.232. The molecule has 1 amide bonds. The fourth-order valence-electron chi connectivity index (χ4n) is 4.10. The number of fused-ring (bicyclic) bond motifs is 1. The number of aromatic amines is 1. The molecule has 4 heterocycles. The van der Waals surface area contributed by atoms with Gasteiger partial charge in [0.2, 0.25) is 12.1 Å². The Labute approximate surface area is 201 Å². The number of esters is 1. The molecule has 0 unspecified atom stereocenters. The van der Waals surface area contributed by atoms with Crippen LogP contribution < -0.4 is 10.2 Å². The Kier molecular flexibility index (Phi) is 6.04. The quantitative estimate of drug-likeness (QED) is 0.409. The van der Waals surface area contributed by atoms with Crippen molar-refractivity contribution in [3.8, 4) is 0 Å². The lowest BCUT2D eigenvalue weighted by Gasteiger charge is -2.36. The Balaban J connectivity index is 1.32. The van der Waals surface area contributed by atoms with Gasteiger partial charge in [0.25, 0.3) is 5.91 Å². The molecule has 3 aromatic heterocycles. The zero-order chi connectivity index (χ0) is 24.4. The fraction of sp³-hybridized carbons (Fsp3) is 0.292. The zero-order valence-electron chi connectivity index (χ0n) is 19.5. The van der Waals surface area contributed by atoms with Crippen LogP contribution in [-0.4, -0.2) is 67.8 Å². The van der Waals surface area contributed by atoms with Gasteiger partial charge in [0.15, 0.2) is 11.6 Å². The summed E-state index contributed by atoms with van der Waals surface area (Å²) in [5.41, 5.74) is 2.42. The van der Waals surface area contributed by atoms with E-state index in [4.69, 9.17) is 9.72 Å². The van der Waals surface area contributed by atoms with Gasteiger partial charge in [-0.3, -0.25) is 14.7 Å². The van der Waals surface area contributed by atoms with Crippen molar-refractivity contribution in [2.75, 3.05) is 36.4 Å². The fourth-order valence-corrected chi connectivity index (χ4v) is 4.10. The van der Waals surface area contributed by atoms with Gasteiger partial charge in [-0.2, -0.15) is 10.1 Å². The van der Waals surface area contributed by atoms with Crippen molar-refractivity contribution in [2.24, 2.45) is 0 Å². The molecule has 5 rings (SSSR count). The van der Waals surface area contributed by atoms with Crippen LogP contribution in [0.15, 0.2) is 54.7 Å². The second kappa shape index (κ2) is 9.45. The van der Waals surface area contributed by atoms with Crippen molar-refractivity contribution in [3.63, 3.8) is 0 Å². The Hall–Kier alpha value is -4.41. The molecule has 35 heavy (non-hydrogen) atoms. The van der Waals surface area contributed by atoms with Gasteiger partial charge in [0.05, 0.1) is 0 Å². The number of rotatable bonds is 6. The predicted octanol–water partition coefficient (Wildman–Crippen LogP) is 2.46. The van der Waals surface area contributed by atoms with E-state index in [1.165, 1.54) is 6.92 Å². The van der Waals surface area contributed by atoms with Crippen LogP contribution in [0, 0.1) is 6.92 Å². The third-order valence-electron chi connectivity index (χ3n) is 5.82. The first-order valence-corrected chi connectivity index (χ1v) is 11.4. The number of H-pyrrole nitrogens is 1. The molecule has 1 saturated heterocycles. The van der Waals surface area contributed by atoms with Gasteiger partial charge < -0.3 is 19.9 Å². The van der Waals surface area contributed by atoms with Crippen LogP contribution in [0.1, 0.15) is 24.3 Å². The first-order chi connectivity index (χ1) is 17.0. The second-order valence-corrected chi connectivity index (χ2v) is 8.37. The second-order valence-electron chi connectivity index (χ2n) is 8.37. The van der Waals surface area contributed by atoms with Gasteiger partial charge in [0.1, 0.15) is 5.52 Å². The molecule has 180 valence electrons. The maximum absolute atomic E-state index is 13.3. The van der Waals surface area contributed by atoms with Crippen LogP contribution in [-0.2, 0) is 14.3 Å². The largest absolute Gasteiger partial charge is 0.447 e. The maximum atomic E-state index is 13.3. The summed E-state index contributed by atoms with van der Waals surface area (Å²) >= 11 is 0. The van der Waals surface area contributed by atoms with Gasteiger partial charge in [-0.15, -0.1) is 5.10 Å². The summed E-state index contributed by atoms with van der Waals surface area (Å²) < 4.78 is 7.16. The lowest BCUT2D eigenvalue weighted by molar-refractivity contribution is -0.159. The summed E-state index contributed by atoms with van der Waals surface area (Å²) in [4.78, 5) is 33.4. The number of amides is 1. The monoisotopic (exact) mass is 474 g/mol. The van der Waals surface area contributed by atoms with Gasteiger partial charge >= 0.3 is 5.97 Å². The van der Waals surface area contributed by atoms with Crippen LogP contribution >= 0.6 is 0 Å². The average Bonchev–Trinajstić information content (AvgIpc) is 3.51. The molecule has 1 fully saturated rings. The molecule has 1 aliphatic rings. The highest BCUT2D eigenvalue weighted by atomic mass is 16.5. The molecule has 0 saturated carbocycles. The Morgan fingerprint density at radius 1 is 1.09 bits per heavy atom. The number of benzene rings is 1. The van der Waals surface area contributed by atoms with Crippen LogP contribution in [0.3, 0.4) is 0 Å². The molecular weight excluding hydrogens is 448 g/mol. The van der Waals surface area contributed by atoms with E-state index in [1.54, 1.807) is 21.5 Å². The molecule has 0 spiro atoms. The van der Waals surface area contributed by atoms with E-state index in [0.29, 0.717) is 49.3 Å². The summed E-state index contributed by atoms with van der Waals surface area (Å²) in [6.45, 7) is 5.24. The zero-order valence-corrected chi connectivity index (χ0v) is 19.5. The Morgan fingerprint density at radius 3 is 2.54 bits per heavy atom. The maximum Gasteiger partial charge on any atom is 0.303 e. The smallest absolute Gasteiger partial charge is 0.303 e. The van der Waals surface area contributed by atoms with Gasteiger partial charge in [-0.05, 0) is 19.1 Å². The van der Waals surface area contributed by atoms with Gasteiger partial charge in [-0.25, -0.2) is 4.52 Å². The number of anilines is 3. The Bertz CT molecular complexity index is 1340. The molecule has 0 aliphatic carbocycles. The van der Waals surface area contributed by atoms with E-state index in [-0.39, 0.29) is 5.91 Å². The highest BCUT2D eigenvalue weighted by Gasteiger charge is 2.31. The molecule has 1 atom stereocenters. The molecular formula is C24H26N8O3. The van der Waals surface area contributed by atoms with Crippen LogP contribution in [0.4, 0.5) is 17.6 Å². The van der Waals surface area contributed by atoms with Crippen molar-refractivity contribution in [3.05, 3.63) is 66.0 Å². The van der Waals surface area contributed by atoms with E-state index in [9.17, 15) is 9.59 Å². The minimum atomic E-state index is -0.958. The molecule has 0 bridgehead atoms. The highest BCUT2D eigenvalue weighted by Crippen LogP contribution is 2.24. The number of hydrogen-bond donors (Lipinski definition) is 2. The lowest BCUT2D eigenvalue weighted by Crippen LogP contribution is -2.51. The first-order valence-electron chi connectivity index (χ1n) is 11.4. The van der Waals surface area contributed by atoms with Crippen LogP contribution in [0.5, 0.6) is 0 Å². The summed E-state index contributed by atoms with van der Waals surface area (Å²) in [5, 5.41) is 15.1. The average molecular weight is 475 g/mol. The number of nitrogens with one attached hydrogen (secondary N) is 2. The third kappa shape index (κ3) is 4.79. The normalized spacial score (nSPS) is 14.7. The molecule has 11 nitrogen and oxygen atoms in total. The van der Waals surface area contributed by atoms with E-state index in [1.807, 2.05) is 54.4 Å². The molecule has 11 heteroatoms. The summed E-state index contributed by atoms with van der Waals surface area (Å²) in [6.07, 6.45) is 0.908. The van der Waals surface area contributed by atoms with E-state index in [2.05, 4.69) is 20.6 Å². The standard InChI is InChI=1S/C24H26N8O3/c1-16-15-20(28-27-16)25-22-19-9-6-10-32(19)29-24(26-22)31-13-11-30(12-14-31)23(34)21(35-17(2)33)18-7-4-3-5-8-18/h3-10,15,21H,11-14H2,1-2H3,(H2,25,26,27,28,29)/t21-/m1/s1. The van der Waals surface area contributed by atoms with Crippen molar-refractivity contribution < 1.29 is 14.3 Å². The number of hydrogen-bond acceptors (Lipinski definition) is 8. The topological polar surface area (TPSA) is 121 Å². The lowest BCUT2D eigenvalue weighted by atomic mass is 10.1. The van der Waals surface area contributed by atoms with Crippen molar-refractivity contribution in [2.45, 2.75) is 20.0 Å². The first kappa shape index (κ1) is 22.4. The SMILES string of the molecule is CC(=O)O[C@@H](C(=O)N1CCN(c2nc(Nc3cc(C)[nH]n3)c3cccn3n2)CC1)c1ccccc1. The molecule has 1 aliphatic heterocycles. The van der Waals surface area contributed by atoms with Crippen LogP contribution in [0.25, 0.3) is 5.52 Å². The van der Waals surface area contributed by atoms with Crippen molar-refractivity contribution >= 4 is 35.0 Å². The number of carbonyl (C=O) groups excluding carboxylic acids is 2. The van der Waals surface area contributed by atoms with E-state index >= 15 is 0 Å². The predicted molar refractivity (Wildman–Crippen MR) is 129 cm³/mol. The molecule has 0 radical (unpaired) electrons. The number of aromatic nitrogens is 5. The van der Waals surface area contributed by atoms with Gasteiger partial charge in [0, 0.05) is 56.6 Å². The van der Waals surface area contributed by atoms with Crippen LogP contribution in [0.2, 0.25) is 0 Å². The summed E-state index contributed by atoms with van der Waals surface area (Å²) in [5.74, 6) is 1.14. The molecule has 1 aromatic carbocycles. The summed E-state index contributed by atoms with van der Waals surface area (Å²) in [7, 11) is 0. The van der Waals surface area contributed by atoms with Crippen molar-refractivity contribution in [1.82, 2.24) is 29.7 Å². The van der Waals surface area contributed by atoms with E-state index in [0.717, 1.165) is 11.2 Å². The number of ether oxygens (including phenoxy) is 1. The third-order valence-corrected chi connectivity index (χ3v) is 5.82. The number of nitrogens with zero attached hydrogens (tertiary/aromatic N) is 6. The number of carbonyl (C=O) groups is 2. The number of piperazine rings is 1. The van der Waals surface area contributed by atoms with Crippen molar-refractivity contribution in [1.29, 1.82) is 0 Å².